The molecule has 2 N–H and O–H groups in total. The Balaban J connectivity index is 1.91. The van der Waals surface area contributed by atoms with Crippen LogP contribution >= 0.6 is 11.3 Å². The molecule has 0 unspecified atom stereocenters. The van der Waals surface area contributed by atoms with Crippen LogP contribution in [0.1, 0.15) is 21.1 Å². The van der Waals surface area contributed by atoms with E-state index in [1.807, 2.05) is 32.0 Å². The molecule has 0 spiro atoms. The zero-order chi connectivity index (χ0) is 13.7. The quantitative estimate of drug-likeness (QED) is 0.852. The normalized spacial score (nSPS) is 12.6. The molecule has 2 aromatic rings. The van der Waals surface area contributed by atoms with Crippen molar-refractivity contribution in [1.29, 1.82) is 0 Å². The third kappa shape index (κ3) is 4.13. The fourth-order valence-corrected chi connectivity index (χ4v) is 2.96. The summed E-state index contributed by atoms with van der Waals surface area (Å²) in [5.74, 6) is 0. The van der Waals surface area contributed by atoms with Crippen LogP contribution in [0, 0.1) is 13.8 Å². The number of thiazole rings is 1. The van der Waals surface area contributed by atoms with Crippen molar-refractivity contribution in [2.75, 3.05) is 6.61 Å². The molecular weight excluding hydrogens is 256 g/mol. The molecule has 4 heteroatoms. The zero-order valence-corrected chi connectivity index (χ0v) is 12.2. The van der Waals surface area contributed by atoms with Crippen molar-refractivity contribution >= 4 is 11.3 Å². The Morgan fingerprint density at radius 1 is 1.26 bits per heavy atom. The van der Waals surface area contributed by atoms with E-state index in [1.165, 1.54) is 10.4 Å². The molecule has 0 saturated carbocycles. The van der Waals surface area contributed by atoms with Crippen LogP contribution in [0.5, 0.6) is 0 Å². The summed E-state index contributed by atoms with van der Waals surface area (Å²) in [6.45, 7) is 4.97. The first kappa shape index (κ1) is 14.2. The lowest BCUT2D eigenvalue weighted by molar-refractivity contribution is 0.241. The molecule has 3 nitrogen and oxygen atoms in total. The summed E-state index contributed by atoms with van der Waals surface area (Å²) in [6.07, 6.45) is 0.841. The highest BCUT2D eigenvalue weighted by atomic mass is 32.1. The van der Waals surface area contributed by atoms with Crippen molar-refractivity contribution in [2.24, 2.45) is 0 Å². The van der Waals surface area contributed by atoms with Crippen LogP contribution < -0.4 is 5.32 Å². The van der Waals surface area contributed by atoms with E-state index in [0.717, 1.165) is 23.7 Å². The lowest BCUT2D eigenvalue weighted by Crippen LogP contribution is -2.33. The molecule has 0 bridgehead atoms. The fraction of sp³-hybridized carbons (Fsp3) is 0.400. The van der Waals surface area contributed by atoms with Gasteiger partial charge in [-0.25, -0.2) is 4.98 Å². The van der Waals surface area contributed by atoms with Gasteiger partial charge >= 0.3 is 0 Å². The monoisotopic (exact) mass is 276 g/mol. The van der Waals surface area contributed by atoms with Crippen LogP contribution in [-0.2, 0) is 13.0 Å². The summed E-state index contributed by atoms with van der Waals surface area (Å²) >= 11 is 1.72. The maximum Gasteiger partial charge on any atom is 0.0900 e. The molecule has 1 atom stereocenters. The van der Waals surface area contributed by atoms with Gasteiger partial charge in [-0.15, -0.1) is 11.3 Å². The minimum Gasteiger partial charge on any atom is -0.395 e. The molecule has 0 aliphatic heterocycles. The minimum atomic E-state index is 0.0872. The van der Waals surface area contributed by atoms with Gasteiger partial charge in [0.25, 0.3) is 0 Å². The Labute approximate surface area is 118 Å². The van der Waals surface area contributed by atoms with Gasteiger partial charge < -0.3 is 10.4 Å². The van der Waals surface area contributed by atoms with Crippen LogP contribution in [0.3, 0.4) is 0 Å². The lowest BCUT2D eigenvalue weighted by Gasteiger charge is -2.16. The van der Waals surface area contributed by atoms with E-state index in [2.05, 4.69) is 22.4 Å². The van der Waals surface area contributed by atoms with Gasteiger partial charge in [-0.05, 0) is 25.8 Å². The maximum absolute atomic E-state index is 9.47. The average molecular weight is 276 g/mol. The summed E-state index contributed by atoms with van der Waals surface area (Å²) in [5, 5.41) is 14.0. The molecule has 102 valence electrons. The summed E-state index contributed by atoms with van der Waals surface area (Å²) in [6, 6.07) is 10.3. The number of aliphatic hydroxyl groups excluding tert-OH is 1. The Hall–Kier alpha value is -1.23. The number of hydrogen-bond donors (Lipinski definition) is 2. The van der Waals surface area contributed by atoms with E-state index in [0.29, 0.717) is 0 Å². The third-order valence-electron chi connectivity index (χ3n) is 3.10. The number of rotatable bonds is 6. The van der Waals surface area contributed by atoms with Gasteiger partial charge in [0.05, 0.1) is 17.3 Å². The first-order valence-corrected chi connectivity index (χ1v) is 7.31. The second kappa shape index (κ2) is 6.80. The molecule has 0 saturated heterocycles. The van der Waals surface area contributed by atoms with Crippen LogP contribution in [0.2, 0.25) is 0 Å². The van der Waals surface area contributed by atoms with E-state index in [1.54, 1.807) is 11.3 Å². The topological polar surface area (TPSA) is 45.2 Å². The van der Waals surface area contributed by atoms with E-state index >= 15 is 0 Å². The maximum atomic E-state index is 9.47. The summed E-state index contributed by atoms with van der Waals surface area (Å²) in [7, 11) is 0. The van der Waals surface area contributed by atoms with Crippen molar-refractivity contribution in [2.45, 2.75) is 32.9 Å². The molecule has 2 rings (SSSR count). The molecule has 1 aromatic carbocycles. The van der Waals surface area contributed by atoms with E-state index in [9.17, 15) is 5.11 Å². The summed E-state index contributed by atoms with van der Waals surface area (Å²) in [5.41, 5.74) is 2.33. The van der Waals surface area contributed by atoms with Gasteiger partial charge in [-0.3, -0.25) is 0 Å². The van der Waals surface area contributed by atoms with E-state index < -0.39 is 0 Å². The van der Waals surface area contributed by atoms with Crippen molar-refractivity contribution in [3.8, 4) is 0 Å². The number of benzene rings is 1. The molecular formula is C15H20N2OS. The number of aliphatic hydroxyl groups is 1. The van der Waals surface area contributed by atoms with Crippen molar-refractivity contribution in [1.82, 2.24) is 10.3 Å². The second-order valence-electron chi connectivity index (χ2n) is 4.69. The van der Waals surface area contributed by atoms with Gasteiger partial charge in [0.2, 0.25) is 0 Å². The first-order valence-electron chi connectivity index (χ1n) is 6.50. The average Bonchev–Trinajstić information content (AvgIpc) is 2.74. The first-order chi connectivity index (χ1) is 9.19. The van der Waals surface area contributed by atoms with Crippen LogP contribution in [0.4, 0.5) is 0 Å². The van der Waals surface area contributed by atoms with E-state index in [-0.39, 0.29) is 12.6 Å². The minimum absolute atomic E-state index is 0.0872. The number of hydrogen-bond acceptors (Lipinski definition) is 4. The van der Waals surface area contributed by atoms with Crippen LogP contribution in [0.25, 0.3) is 0 Å². The lowest BCUT2D eigenvalue weighted by atomic mass is 10.1. The largest absolute Gasteiger partial charge is 0.395 e. The zero-order valence-electron chi connectivity index (χ0n) is 11.4. The highest BCUT2D eigenvalue weighted by Gasteiger charge is 2.10. The molecule has 0 fully saturated rings. The predicted molar refractivity (Wildman–Crippen MR) is 79.4 cm³/mol. The smallest absolute Gasteiger partial charge is 0.0900 e. The number of nitrogens with one attached hydrogen (secondary N) is 1. The van der Waals surface area contributed by atoms with Crippen molar-refractivity contribution in [3.63, 3.8) is 0 Å². The van der Waals surface area contributed by atoms with Gasteiger partial charge in [0, 0.05) is 17.5 Å². The summed E-state index contributed by atoms with van der Waals surface area (Å²) < 4.78 is 0. The molecule has 1 heterocycles. The van der Waals surface area contributed by atoms with Gasteiger partial charge in [0.1, 0.15) is 0 Å². The number of aromatic nitrogens is 1. The fourth-order valence-electron chi connectivity index (χ4n) is 2.07. The van der Waals surface area contributed by atoms with Gasteiger partial charge in [-0.2, -0.15) is 0 Å². The second-order valence-corrected chi connectivity index (χ2v) is 5.98. The highest BCUT2D eigenvalue weighted by Crippen LogP contribution is 2.17. The Kier molecular flexibility index (Phi) is 5.07. The molecule has 0 aliphatic rings. The van der Waals surface area contributed by atoms with Gasteiger partial charge in [0.15, 0.2) is 0 Å². The molecule has 0 radical (unpaired) electrons. The molecule has 0 aliphatic carbocycles. The molecule has 0 amide bonds. The molecule has 19 heavy (non-hydrogen) atoms. The Morgan fingerprint density at radius 3 is 2.58 bits per heavy atom. The SMILES string of the molecule is Cc1nc(C)c(CN[C@@H](CO)Cc2ccccc2)s1. The number of aryl methyl sites for hydroxylation is 2. The third-order valence-corrected chi connectivity index (χ3v) is 4.17. The Bertz CT molecular complexity index is 510. The summed E-state index contributed by atoms with van der Waals surface area (Å²) in [4.78, 5) is 5.67. The standard InChI is InChI=1S/C15H20N2OS/c1-11-15(19-12(2)17-11)9-16-14(10-18)8-13-6-4-3-5-7-13/h3-7,14,16,18H,8-10H2,1-2H3/t14-/m1/s1. The van der Waals surface area contributed by atoms with Gasteiger partial charge in [-0.1, -0.05) is 30.3 Å². The highest BCUT2D eigenvalue weighted by molar-refractivity contribution is 7.11. The Morgan fingerprint density at radius 2 is 2.00 bits per heavy atom. The molecule has 1 aromatic heterocycles. The van der Waals surface area contributed by atoms with Crippen molar-refractivity contribution in [3.05, 3.63) is 51.5 Å². The van der Waals surface area contributed by atoms with E-state index in [4.69, 9.17) is 0 Å². The van der Waals surface area contributed by atoms with Crippen molar-refractivity contribution < 1.29 is 5.11 Å². The number of nitrogens with zero attached hydrogens (tertiary/aromatic N) is 1. The van der Waals surface area contributed by atoms with Crippen LogP contribution in [0.15, 0.2) is 30.3 Å². The predicted octanol–water partition coefficient (Wildman–Crippen LogP) is 2.45. The van der Waals surface area contributed by atoms with Crippen LogP contribution in [-0.4, -0.2) is 22.7 Å².